The fourth-order valence-corrected chi connectivity index (χ4v) is 9.43. The lowest BCUT2D eigenvalue weighted by molar-refractivity contribution is -0.167. The Balaban J connectivity index is 4.25. The molecule has 0 aromatic rings. The summed E-state index contributed by atoms with van der Waals surface area (Å²) < 4.78 is 16.9. The van der Waals surface area contributed by atoms with Crippen LogP contribution in [0.5, 0.6) is 0 Å². The lowest BCUT2D eigenvalue weighted by Crippen LogP contribution is -2.30. The molecule has 0 radical (unpaired) electrons. The fraction of sp³-hybridized carbons (Fsp3) is 0.952. The molecule has 0 aromatic carbocycles. The Kier molecular flexibility index (Phi) is 52.0. The lowest BCUT2D eigenvalue weighted by Gasteiger charge is -2.18. The minimum Gasteiger partial charge on any atom is -0.462 e. The topological polar surface area (TPSA) is 78.9 Å². The van der Waals surface area contributed by atoms with Gasteiger partial charge in [-0.2, -0.15) is 0 Å². The molecule has 0 rings (SSSR count). The van der Waals surface area contributed by atoms with Gasteiger partial charge in [-0.3, -0.25) is 14.4 Å². The summed E-state index contributed by atoms with van der Waals surface area (Å²) >= 11 is 0. The smallest absolute Gasteiger partial charge is 0.306 e. The predicted molar refractivity (Wildman–Crippen MR) is 293 cm³/mol. The first-order valence-electron chi connectivity index (χ1n) is 30.7. The Hall–Kier alpha value is -1.59. The van der Waals surface area contributed by atoms with E-state index >= 15 is 0 Å². The molecule has 3 unspecified atom stereocenters. The zero-order valence-corrected chi connectivity index (χ0v) is 46.9. The Morgan fingerprint density at radius 2 is 0.471 bits per heavy atom. The minimum atomic E-state index is -0.764. The first kappa shape index (κ1) is 66.4. The molecule has 0 saturated carbocycles. The third-order valence-corrected chi connectivity index (χ3v) is 15.2. The Morgan fingerprint density at radius 3 is 0.691 bits per heavy atom. The largest absolute Gasteiger partial charge is 0.462 e. The van der Waals surface area contributed by atoms with E-state index in [1.807, 2.05) is 0 Å². The Labute approximate surface area is 425 Å². The molecule has 6 nitrogen and oxygen atoms in total. The molecule has 4 atom stereocenters. The Bertz CT molecular complexity index is 1060. The van der Waals surface area contributed by atoms with E-state index in [2.05, 4.69) is 41.5 Å². The van der Waals surface area contributed by atoms with E-state index in [9.17, 15) is 14.4 Å². The van der Waals surface area contributed by atoms with E-state index in [0.29, 0.717) is 19.3 Å². The number of unbranched alkanes of at least 4 members (excludes halogenated alkanes) is 35. The van der Waals surface area contributed by atoms with E-state index in [1.54, 1.807) is 0 Å². The molecular formula is C62H120O6. The first-order valence-corrected chi connectivity index (χ1v) is 30.7. The molecule has 6 heteroatoms. The summed E-state index contributed by atoms with van der Waals surface area (Å²) in [6.07, 6.45) is 56.5. The summed E-state index contributed by atoms with van der Waals surface area (Å²) in [5.41, 5.74) is 0. The normalized spacial score (nSPS) is 13.3. The molecule has 404 valence electrons. The summed E-state index contributed by atoms with van der Waals surface area (Å²) in [6.45, 7) is 13.9. The van der Waals surface area contributed by atoms with Gasteiger partial charge in [0.05, 0.1) is 0 Å². The maximum atomic E-state index is 12.9. The van der Waals surface area contributed by atoms with E-state index < -0.39 is 6.10 Å². The van der Waals surface area contributed by atoms with Crippen molar-refractivity contribution in [1.29, 1.82) is 0 Å². The second-order valence-electron chi connectivity index (χ2n) is 22.1. The highest BCUT2D eigenvalue weighted by molar-refractivity contribution is 5.71. The van der Waals surface area contributed by atoms with Crippen molar-refractivity contribution >= 4 is 17.9 Å². The quantitative estimate of drug-likeness (QED) is 0.0343. The zero-order valence-electron chi connectivity index (χ0n) is 46.9. The SMILES string of the molecule is CCC(C)CCCCCCCCCCCCCCCCCCCCC(=O)OC[C@@H](COC(=O)CCCCCCCCCCCCC(C)CC)OC(=O)CCCCCCCCCCCCC(C)CC. The van der Waals surface area contributed by atoms with Gasteiger partial charge in [0.25, 0.3) is 0 Å². The molecular weight excluding hydrogens is 841 g/mol. The highest BCUT2D eigenvalue weighted by Crippen LogP contribution is 2.20. The van der Waals surface area contributed by atoms with Crippen molar-refractivity contribution in [2.24, 2.45) is 17.8 Å². The molecule has 0 saturated heterocycles. The summed E-state index contributed by atoms with van der Waals surface area (Å²) in [7, 11) is 0. The molecule has 0 amide bonds. The van der Waals surface area contributed by atoms with Crippen LogP contribution >= 0.6 is 0 Å². The summed E-state index contributed by atoms with van der Waals surface area (Å²) in [4.78, 5) is 38.2. The van der Waals surface area contributed by atoms with E-state index in [0.717, 1.165) is 75.5 Å². The van der Waals surface area contributed by atoms with Crippen LogP contribution < -0.4 is 0 Å². The monoisotopic (exact) mass is 961 g/mol. The molecule has 0 fully saturated rings. The molecule has 0 bridgehead atoms. The van der Waals surface area contributed by atoms with Crippen molar-refractivity contribution in [1.82, 2.24) is 0 Å². The van der Waals surface area contributed by atoms with Crippen molar-refractivity contribution in [3.05, 3.63) is 0 Å². The van der Waals surface area contributed by atoms with Crippen LogP contribution in [0.1, 0.15) is 343 Å². The number of hydrogen-bond donors (Lipinski definition) is 0. The van der Waals surface area contributed by atoms with Crippen molar-refractivity contribution in [3.63, 3.8) is 0 Å². The van der Waals surface area contributed by atoms with E-state index in [4.69, 9.17) is 14.2 Å². The van der Waals surface area contributed by atoms with Crippen LogP contribution in [0.2, 0.25) is 0 Å². The molecule has 0 aliphatic rings. The van der Waals surface area contributed by atoms with E-state index in [-0.39, 0.29) is 31.1 Å². The van der Waals surface area contributed by atoms with Gasteiger partial charge in [0.1, 0.15) is 13.2 Å². The van der Waals surface area contributed by atoms with Gasteiger partial charge in [-0.05, 0) is 37.0 Å². The molecule has 0 aliphatic heterocycles. The lowest BCUT2D eigenvalue weighted by atomic mass is 9.99. The molecule has 0 aliphatic carbocycles. The highest BCUT2D eigenvalue weighted by atomic mass is 16.6. The number of rotatable bonds is 55. The van der Waals surface area contributed by atoms with Crippen LogP contribution in [0.15, 0.2) is 0 Å². The van der Waals surface area contributed by atoms with Crippen LogP contribution in [0, 0.1) is 17.8 Å². The van der Waals surface area contributed by atoms with Crippen molar-refractivity contribution in [3.8, 4) is 0 Å². The van der Waals surface area contributed by atoms with Crippen molar-refractivity contribution in [2.45, 2.75) is 349 Å². The van der Waals surface area contributed by atoms with Gasteiger partial charge in [0, 0.05) is 19.3 Å². The standard InChI is InChI=1S/C62H120O6/c1-7-56(4)48-42-36-30-24-18-16-14-12-10-11-13-15-17-19-27-33-39-45-51-60(63)66-54-59(68-62(65)53-47-41-35-29-23-21-26-32-38-44-50-58(6)9-3)55-67-61(64)52-46-40-34-28-22-20-25-31-37-43-49-57(5)8-2/h56-59H,7-55H2,1-6H3/t56?,57?,58?,59-/m0/s1. The molecule has 0 spiro atoms. The average Bonchev–Trinajstić information content (AvgIpc) is 3.34. The molecule has 0 aromatic heterocycles. The number of esters is 3. The third-order valence-electron chi connectivity index (χ3n) is 15.2. The van der Waals surface area contributed by atoms with Gasteiger partial charge in [-0.1, -0.05) is 305 Å². The van der Waals surface area contributed by atoms with Gasteiger partial charge in [-0.15, -0.1) is 0 Å². The fourth-order valence-electron chi connectivity index (χ4n) is 9.43. The minimum absolute atomic E-state index is 0.0634. The summed E-state index contributed by atoms with van der Waals surface area (Å²) in [6, 6.07) is 0. The third kappa shape index (κ3) is 50.8. The van der Waals surface area contributed by atoms with Crippen LogP contribution in [0.4, 0.5) is 0 Å². The highest BCUT2D eigenvalue weighted by Gasteiger charge is 2.19. The van der Waals surface area contributed by atoms with Gasteiger partial charge < -0.3 is 14.2 Å². The summed E-state index contributed by atoms with van der Waals surface area (Å²) in [5.74, 6) is 1.81. The van der Waals surface area contributed by atoms with Gasteiger partial charge >= 0.3 is 17.9 Å². The van der Waals surface area contributed by atoms with Gasteiger partial charge in [0.2, 0.25) is 0 Å². The average molecular weight is 962 g/mol. The maximum Gasteiger partial charge on any atom is 0.306 e. The van der Waals surface area contributed by atoms with E-state index in [1.165, 1.54) is 225 Å². The zero-order chi connectivity index (χ0) is 49.8. The maximum absolute atomic E-state index is 12.9. The molecule has 0 heterocycles. The van der Waals surface area contributed by atoms with Crippen molar-refractivity contribution < 1.29 is 28.6 Å². The Morgan fingerprint density at radius 1 is 0.279 bits per heavy atom. The van der Waals surface area contributed by atoms with Crippen LogP contribution in [0.3, 0.4) is 0 Å². The van der Waals surface area contributed by atoms with Gasteiger partial charge in [0.15, 0.2) is 6.10 Å². The van der Waals surface area contributed by atoms with Crippen LogP contribution in [-0.4, -0.2) is 37.2 Å². The second-order valence-corrected chi connectivity index (χ2v) is 22.1. The summed E-state index contributed by atoms with van der Waals surface area (Å²) in [5, 5.41) is 0. The molecule has 68 heavy (non-hydrogen) atoms. The predicted octanol–water partition coefficient (Wildman–Crippen LogP) is 20.3. The number of carbonyl (C=O) groups is 3. The second kappa shape index (κ2) is 53.2. The van der Waals surface area contributed by atoms with Gasteiger partial charge in [-0.25, -0.2) is 0 Å². The van der Waals surface area contributed by atoms with Crippen molar-refractivity contribution in [2.75, 3.05) is 13.2 Å². The number of hydrogen-bond acceptors (Lipinski definition) is 6. The first-order chi connectivity index (χ1) is 33.2. The van der Waals surface area contributed by atoms with Crippen LogP contribution in [-0.2, 0) is 28.6 Å². The molecule has 0 N–H and O–H groups in total. The number of ether oxygens (including phenoxy) is 3. The number of carbonyl (C=O) groups excluding carboxylic acids is 3. The van der Waals surface area contributed by atoms with Crippen LogP contribution in [0.25, 0.3) is 0 Å².